The fraction of sp³-hybridized carbons (Fsp3) is 0.133. The van der Waals surface area contributed by atoms with Crippen LogP contribution in [0.1, 0.15) is 6.92 Å². The maximum Gasteiger partial charge on any atom is 0.323 e. The van der Waals surface area contributed by atoms with Gasteiger partial charge in [-0.2, -0.15) is 0 Å². The molecule has 0 aliphatic rings. The van der Waals surface area contributed by atoms with Crippen molar-refractivity contribution in [2.24, 2.45) is 0 Å². The second-order valence-electron chi connectivity index (χ2n) is 4.02. The van der Waals surface area contributed by atoms with Gasteiger partial charge in [0, 0.05) is 10.2 Å². The Morgan fingerprint density at radius 1 is 1.10 bits per heavy atom. The SMILES string of the molecule is CCOc1ccccc1NC(=O)Nc1ccc(Br)cc1. The van der Waals surface area contributed by atoms with Gasteiger partial charge in [0.15, 0.2) is 0 Å². The van der Waals surface area contributed by atoms with E-state index < -0.39 is 0 Å². The molecule has 0 bridgehead atoms. The Balaban J connectivity index is 2.02. The van der Waals surface area contributed by atoms with Crippen LogP contribution in [0.2, 0.25) is 0 Å². The Hall–Kier alpha value is -2.01. The standard InChI is InChI=1S/C15H15BrN2O2/c1-2-20-14-6-4-3-5-13(14)18-15(19)17-12-9-7-11(16)8-10-12/h3-10H,2H2,1H3,(H2,17,18,19). The maximum atomic E-state index is 11.9. The first kappa shape index (κ1) is 14.4. The van der Waals surface area contributed by atoms with E-state index in [0.29, 0.717) is 18.0 Å². The molecular formula is C15H15BrN2O2. The van der Waals surface area contributed by atoms with E-state index in [4.69, 9.17) is 4.74 Å². The lowest BCUT2D eigenvalue weighted by Gasteiger charge is -2.12. The topological polar surface area (TPSA) is 50.4 Å². The first-order chi connectivity index (χ1) is 9.69. The zero-order valence-electron chi connectivity index (χ0n) is 11.0. The third kappa shape index (κ3) is 3.99. The van der Waals surface area contributed by atoms with Crippen LogP contribution in [-0.4, -0.2) is 12.6 Å². The molecule has 0 heterocycles. The minimum absolute atomic E-state index is 0.306. The quantitative estimate of drug-likeness (QED) is 0.865. The molecule has 2 N–H and O–H groups in total. The van der Waals surface area contributed by atoms with Crippen LogP contribution in [0.5, 0.6) is 5.75 Å². The fourth-order valence-electron chi connectivity index (χ4n) is 1.67. The van der Waals surface area contributed by atoms with Crippen molar-refractivity contribution in [2.75, 3.05) is 17.2 Å². The Labute approximate surface area is 126 Å². The molecule has 5 heteroatoms. The Kier molecular flexibility index (Phi) is 5.01. The first-order valence-corrected chi connectivity index (χ1v) is 7.03. The molecule has 0 saturated heterocycles. The van der Waals surface area contributed by atoms with Crippen molar-refractivity contribution in [3.05, 3.63) is 53.0 Å². The van der Waals surface area contributed by atoms with Gasteiger partial charge in [0.2, 0.25) is 0 Å². The van der Waals surface area contributed by atoms with Crippen molar-refractivity contribution >= 4 is 33.3 Å². The highest BCUT2D eigenvalue weighted by molar-refractivity contribution is 9.10. The first-order valence-electron chi connectivity index (χ1n) is 6.24. The number of carbonyl (C=O) groups excluding carboxylic acids is 1. The Bertz CT molecular complexity index is 585. The van der Waals surface area contributed by atoms with E-state index >= 15 is 0 Å². The number of rotatable bonds is 4. The molecule has 2 rings (SSSR count). The third-order valence-corrected chi connectivity index (χ3v) is 3.07. The number of halogens is 1. The van der Waals surface area contributed by atoms with Crippen molar-refractivity contribution < 1.29 is 9.53 Å². The van der Waals surface area contributed by atoms with E-state index in [9.17, 15) is 4.79 Å². The highest BCUT2D eigenvalue weighted by atomic mass is 79.9. The molecule has 0 radical (unpaired) electrons. The van der Waals surface area contributed by atoms with Gasteiger partial charge >= 0.3 is 6.03 Å². The van der Waals surface area contributed by atoms with Crippen LogP contribution < -0.4 is 15.4 Å². The van der Waals surface area contributed by atoms with Gasteiger partial charge in [-0.3, -0.25) is 0 Å². The molecule has 20 heavy (non-hydrogen) atoms. The van der Waals surface area contributed by atoms with Gasteiger partial charge in [-0.15, -0.1) is 0 Å². The van der Waals surface area contributed by atoms with Gasteiger partial charge in [-0.25, -0.2) is 4.79 Å². The summed E-state index contributed by atoms with van der Waals surface area (Å²) in [5.41, 5.74) is 1.36. The van der Waals surface area contributed by atoms with Crippen LogP contribution in [0.15, 0.2) is 53.0 Å². The average Bonchev–Trinajstić information content (AvgIpc) is 2.44. The van der Waals surface area contributed by atoms with E-state index in [1.54, 1.807) is 6.07 Å². The lowest BCUT2D eigenvalue weighted by Crippen LogP contribution is -2.19. The molecule has 0 saturated carbocycles. The van der Waals surface area contributed by atoms with Gasteiger partial charge in [0.25, 0.3) is 0 Å². The molecular weight excluding hydrogens is 320 g/mol. The molecule has 0 unspecified atom stereocenters. The van der Waals surface area contributed by atoms with Gasteiger partial charge in [-0.1, -0.05) is 28.1 Å². The van der Waals surface area contributed by atoms with Crippen LogP contribution in [0.4, 0.5) is 16.2 Å². The van der Waals surface area contributed by atoms with Crippen molar-refractivity contribution in [1.29, 1.82) is 0 Å². The van der Waals surface area contributed by atoms with E-state index in [0.717, 1.165) is 10.2 Å². The highest BCUT2D eigenvalue weighted by Crippen LogP contribution is 2.24. The minimum Gasteiger partial charge on any atom is -0.492 e. The average molecular weight is 335 g/mol. The van der Waals surface area contributed by atoms with Gasteiger partial charge in [-0.05, 0) is 43.3 Å². The number of carbonyl (C=O) groups is 1. The summed E-state index contributed by atoms with van der Waals surface area (Å²) in [5, 5.41) is 5.53. The normalized spacial score (nSPS) is 9.90. The highest BCUT2D eigenvalue weighted by Gasteiger charge is 2.07. The summed E-state index contributed by atoms with van der Waals surface area (Å²) in [6.45, 7) is 2.45. The van der Waals surface area contributed by atoms with Gasteiger partial charge in [0.1, 0.15) is 5.75 Å². The Morgan fingerprint density at radius 2 is 1.80 bits per heavy atom. The summed E-state index contributed by atoms with van der Waals surface area (Å²) >= 11 is 3.35. The number of anilines is 2. The van der Waals surface area contributed by atoms with Crippen molar-refractivity contribution in [1.82, 2.24) is 0 Å². The second-order valence-corrected chi connectivity index (χ2v) is 4.93. The number of hydrogen-bond donors (Lipinski definition) is 2. The number of hydrogen-bond acceptors (Lipinski definition) is 2. The largest absolute Gasteiger partial charge is 0.492 e. The Morgan fingerprint density at radius 3 is 2.50 bits per heavy atom. The number of ether oxygens (including phenoxy) is 1. The zero-order chi connectivity index (χ0) is 14.4. The maximum absolute atomic E-state index is 11.9. The fourth-order valence-corrected chi connectivity index (χ4v) is 1.93. The molecule has 0 aliphatic carbocycles. The lowest BCUT2D eigenvalue weighted by molar-refractivity contribution is 0.262. The predicted octanol–water partition coefficient (Wildman–Crippen LogP) is 4.49. The summed E-state index contributed by atoms with van der Waals surface area (Å²) in [7, 11) is 0. The summed E-state index contributed by atoms with van der Waals surface area (Å²) in [4.78, 5) is 11.9. The number of nitrogens with one attached hydrogen (secondary N) is 2. The zero-order valence-corrected chi connectivity index (χ0v) is 12.6. The van der Waals surface area contributed by atoms with Crippen LogP contribution in [0.25, 0.3) is 0 Å². The van der Waals surface area contributed by atoms with E-state index in [-0.39, 0.29) is 6.03 Å². The van der Waals surface area contributed by atoms with Crippen LogP contribution in [-0.2, 0) is 0 Å². The number of amides is 2. The number of urea groups is 1. The molecule has 104 valence electrons. The number of benzene rings is 2. The summed E-state index contributed by atoms with van der Waals surface area (Å²) in [6.07, 6.45) is 0. The molecule has 0 aromatic heterocycles. The minimum atomic E-state index is -0.306. The number of para-hydroxylation sites is 2. The van der Waals surface area contributed by atoms with Gasteiger partial charge < -0.3 is 15.4 Å². The van der Waals surface area contributed by atoms with E-state index in [2.05, 4.69) is 26.6 Å². The van der Waals surface area contributed by atoms with Gasteiger partial charge in [0.05, 0.1) is 12.3 Å². The van der Waals surface area contributed by atoms with Crippen LogP contribution in [0.3, 0.4) is 0 Å². The summed E-state index contributed by atoms with van der Waals surface area (Å²) < 4.78 is 6.42. The summed E-state index contributed by atoms with van der Waals surface area (Å²) in [6, 6.07) is 14.4. The predicted molar refractivity (Wildman–Crippen MR) is 84.4 cm³/mol. The molecule has 2 aromatic carbocycles. The molecule has 0 spiro atoms. The molecule has 4 nitrogen and oxygen atoms in total. The smallest absolute Gasteiger partial charge is 0.323 e. The van der Waals surface area contributed by atoms with E-state index in [1.165, 1.54) is 0 Å². The molecule has 0 atom stereocenters. The second kappa shape index (κ2) is 6.96. The molecule has 0 aliphatic heterocycles. The van der Waals surface area contributed by atoms with Crippen molar-refractivity contribution in [3.63, 3.8) is 0 Å². The lowest BCUT2D eigenvalue weighted by atomic mass is 10.3. The summed E-state index contributed by atoms with van der Waals surface area (Å²) in [5.74, 6) is 0.654. The van der Waals surface area contributed by atoms with Crippen LogP contribution in [0, 0.1) is 0 Å². The molecule has 2 aromatic rings. The van der Waals surface area contributed by atoms with Crippen molar-refractivity contribution in [2.45, 2.75) is 6.92 Å². The third-order valence-electron chi connectivity index (χ3n) is 2.54. The van der Waals surface area contributed by atoms with Crippen molar-refractivity contribution in [3.8, 4) is 5.75 Å². The molecule has 2 amide bonds. The van der Waals surface area contributed by atoms with E-state index in [1.807, 2.05) is 49.4 Å². The monoisotopic (exact) mass is 334 g/mol. The molecule has 0 fully saturated rings. The van der Waals surface area contributed by atoms with Crippen LogP contribution >= 0.6 is 15.9 Å².